The molecular formula is C13H16F4N2O2. The molecule has 0 radical (unpaired) electrons. The highest BCUT2D eigenvalue weighted by Gasteiger charge is 2.31. The van der Waals surface area contributed by atoms with Gasteiger partial charge in [0.15, 0.2) is 0 Å². The molecule has 0 saturated heterocycles. The van der Waals surface area contributed by atoms with Gasteiger partial charge in [-0.05, 0) is 24.6 Å². The summed E-state index contributed by atoms with van der Waals surface area (Å²) in [6.07, 6.45) is -3.95. The highest BCUT2D eigenvalue weighted by atomic mass is 19.4. The van der Waals surface area contributed by atoms with Crippen LogP contribution in [0.2, 0.25) is 0 Å². The first kappa shape index (κ1) is 17.2. The van der Waals surface area contributed by atoms with Gasteiger partial charge in [0.05, 0.1) is 17.8 Å². The summed E-state index contributed by atoms with van der Waals surface area (Å²) in [4.78, 5) is 11.4. The van der Waals surface area contributed by atoms with Crippen LogP contribution >= 0.6 is 0 Å². The number of benzene rings is 1. The zero-order chi connectivity index (χ0) is 15.9. The first-order valence-corrected chi connectivity index (χ1v) is 6.21. The van der Waals surface area contributed by atoms with Crippen LogP contribution in [0.4, 0.5) is 23.2 Å². The lowest BCUT2D eigenvalue weighted by atomic mass is 10.2. The molecule has 0 bridgehead atoms. The summed E-state index contributed by atoms with van der Waals surface area (Å²) in [5.41, 5.74) is -1.34. The van der Waals surface area contributed by atoms with E-state index in [1.54, 1.807) is 0 Å². The number of rotatable bonds is 7. The number of carbonyl (C=O) groups is 1. The first-order chi connectivity index (χ1) is 9.84. The van der Waals surface area contributed by atoms with Gasteiger partial charge in [-0.25, -0.2) is 4.39 Å². The number of hydrogen-bond donors (Lipinski definition) is 2. The van der Waals surface area contributed by atoms with Crippen LogP contribution in [0.1, 0.15) is 12.0 Å². The lowest BCUT2D eigenvalue weighted by molar-refractivity contribution is -0.137. The van der Waals surface area contributed by atoms with E-state index in [2.05, 4.69) is 10.6 Å². The van der Waals surface area contributed by atoms with Crippen molar-refractivity contribution in [3.8, 4) is 0 Å². The average molecular weight is 308 g/mol. The van der Waals surface area contributed by atoms with Crippen molar-refractivity contribution >= 4 is 11.6 Å². The van der Waals surface area contributed by atoms with Gasteiger partial charge in [-0.1, -0.05) is 0 Å². The summed E-state index contributed by atoms with van der Waals surface area (Å²) in [5, 5.41) is 4.87. The molecule has 0 spiro atoms. The number of carbonyl (C=O) groups excluding carboxylic acids is 1. The van der Waals surface area contributed by atoms with Crippen LogP contribution in [0.5, 0.6) is 0 Å². The monoisotopic (exact) mass is 308 g/mol. The van der Waals surface area contributed by atoms with E-state index in [9.17, 15) is 22.4 Å². The second kappa shape index (κ2) is 7.82. The summed E-state index contributed by atoms with van der Waals surface area (Å²) in [5.74, 6) is -1.29. The third kappa shape index (κ3) is 5.99. The summed E-state index contributed by atoms with van der Waals surface area (Å²) in [7, 11) is 1.53. The quantitative estimate of drug-likeness (QED) is 0.601. The van der Waals surface area contributed by atoms with Gasteiger partial charge >= 0.3 is 6.18 Å². The Balaban J connectivity index is 2.53. The van der Waals surface area contributed by atoms with E-state index in [-0.39, 0.29) is 12.2 Å². The van der Waals surface area contributed by atoms with Gasteiger partial charge in [0.2, 0.25) is 5.91 Å². The number of alkyl halides is 3. The molecule has 118 valence electrons. The number of ether oxygens (including phenoxy) is 1. The van der Waals surface area contributed by atoms with Crippen LogP contribution in [0.25, 0.3) is 0 Å². The van der Waals surface area contributed by atoms with Crippen molar-refractivity contribution in [1.82, 2.24) is 5.32 Å². The van der Waals surface area contributed by atoms with Crippen LogP contribution in [-0.4, -0.2) is 32.7 Å². The molecule has 1 rings (SSSR count). The molecule has 0 aliphatic heterocycles. The maximum Gasteiger partial charge on any atom is 0.416 e. The maximum absolute atomic E-state index is 13.4. The van der Waals surface area contributed by atoms with E-state index in [0.717, 1.165) is 0 Å². The molecule has 0 atom stereocenters. The van der Waals surface area contributed by atoms with Crippen molar-refractivity contribution in [2.45, 2.75) is 12.6 Å². The van der Waals surface area contributed by atoms with Crippen molar-refractivity contribution in [1.29, 1.82) is 0 Å². The third-order valence-electron chi connectivity index (χ3n) is 2.58. The number of halogens is 4. The van der Waals surface area contributed by atoms with E-state index in [1.807, 2.05) is 0 Å². The lowest BCUT2D eigenvalue weighted by Gasteiger charge is -2.11. The fourth-order valence-corrected chi connectivity index (χ4v) is 1.52. The molecule has 0 unspecified atom stereocenters. The van der Waals surface area contributed by atoms with Gasteiger partial charge in [0.25, 0.3) is 0 Å². The molecule has 0 aliphatic rings. The molecule has 0 fully saturated rings. The highest BCUT2D eigenvalue weighted by molar-refractivity contribution is 5.80. The Kier molecular flexibility index (Phi) is 6.41. The summed E-state index contributed by atoms with van der Waals surface area (Å²) in [6.45, 7) is 0.542. The van der Waals surface area contributed by atoms with E-state index in [0.29, 0.717) is 37.8 Å². The molecule has 8 heteroatoms. The molecule has 21 heavy (non-hydrogen) atoms. The third-order valence-corrected chi connectivity index (χ3v) is 2.58. The Morgan fingerprint density at radius 1 is 1.33 bits per heavy atom. The Morgan fingerprint density at radius 3 is 2.67 bits per heavy atom. The maximum atomic E-state index is 13.4. The zero-order valence-corrected chi connectivity index (χ0v) is 11.4. The van der Waals surface area contributed by atoms with Gasteiger partial charge in [0.1, 0.15) is 5.82 Å². The van der Waals surface area contributed by atoms with Gasteiger partial charge in [-0.15, -0.1) is 0 Å². The molecular weight excluding hydrogens is 292 g/mol. The standard InChI is InChI=1S/C13H16F4N2O2/c1-21-6-2-5-18-12(20)8-19-11-7-9(13(15,16)17)3-4-10(11)14/h3-4,7,19H,2,5-6,8H2,1H3,(H,18,20). The minimum atomic E-state index is -4.56. The van der Waals surface area contributed by atoms with Crippen molar-refractivity contribution in [2.75, 3.05) is 32.1 Å². The van der Waals surface area contributed by atoms with Crippen LogP contribution in [0, 0.1) is 5.82 Å². The van der Waals surface area contributed by atoms with Gasteiger partial charge in [-0.3, -0.25) is 4.79 Å². The fraction of sp³-hybridized carbons (Fsp3) is 0.462. The van der Waals surface area contributed by atoms with Crippen LogP contribution in [0.3, 0.4) is 0 Å². The number of amides is 1. The Hall–Kier alpha value is -1.83. The smallest absolute Gasteiger partial charge is 0.385 e. The number of methoxy groups -OCH3 is 1. The second-order valence-corrected chi connectivity index (χ2v) is 4.24. The first-order valence-electron chi connectivity index (χ1n) is 6.21. The molecule has 1 aromatic carbocycles. The predicted octanol–water partition coefficient (Wildman–Crippen LogP) is 2.41. The Bertz CT molecular complexity index is 478. The summed E-state index contributed by atoms with van der Waals surface area (Å²) in [6, 6.07) is 1.99. The Morgan fingerprint density at radius 2 is 2.05 bits per heavy atom. The molecule has 2 N–H and O–H groups in total. The largest absolute Gasteiger partial charge is 0.416 e. The molecule has 4 nitrogen and oxygen atoms in total. The summed E-state index contributed by atoms with van der Waals surface area (Å²) >= 11 is 0. The van der Waals surface area contributed by atoms with Crippen LogP contribution in [0.15, 0.2) is 18.2 Å². The number of nitrogens with one attached hydrogen (secondary N) is 2. The van der Waals surface area contributed by atoms with Crippen molar-refractivity contribution in [3.63, 3.8) is 0 Å². The number of hydrogen-bond acceptors (Lipinski definition) is 3. The summed E-state index contributed by atoms with van der Waals surface area (Å²) < 4.78 is 55.7. The number of anilines is 1. The topological polar surface area (TPSA) is 50.4 Å². The van der Waals surface area contributed by atoms with Gasteiger partial charge in [-0.2, -0.15) is 13.2 Å². The molecule has 0 aliphatic carbocycles. The van der Waals surface area contributed by atoms with Crippen LogP contribution in [-0.2, 0) is 15.7 Å². The normalized spacial score (nSPS) is 11.3. The Labute approximate surface area is 119 Å². The molecule has 0 heterocycles. The fourth-order valence-electron chi connectivity index (χ4n) is 1.52. The highest BCUT2D eigenvalue weighted by Crippen LogP contribution is 2.31. The minimum absolute atomic E-state index is 0.314. The van der Waals surface area contributed by atoms with Gasteiger partial charge in [0, 0.05) is 20.3 Å². The second-order valence-electron chi connectivity index (χ2n) is 4.24. The predicted molar refractivity (Wildman–Crippen MR) is 69.4 cm³/mol. The molecule has 1 aromatic rings. The van der Waals surface area contributed by atoms with Crippen LogP contribution < -0.4 is 10.6 Å². The molecule has 0 saturated carbocycles. The molecule has 0 aromatic heterocycles. The van der Waals surface area contributed by atoms with E-state index < -0.39 is 23.5 Å². The average Bonchev–Trinajstić information content (AvgIpc) is 2.41. The van der Waals surface area contributed by atoms with E-state index in [1.165, 1.54) is 7.11 Å². The zero-order valence-electron chi connectivity index (χ0n) is 11.4. The minimum Gasteiger partial charge on any atom is -0.385 e. The van der Waals surface area contributed by atoms with Gasteiger partial charge < -0.3 is 15.4 Å². The van der Waals surface area contributed by atoms with E-state index >= 15 is 0 Å². The SMILES string of the molecule is COCCCNC(=O)CNc1cc(C(F)(F)F)ccc1F. The van der Waals surface area contributed by atoms with E-state index in [4.69, 9.17) is 4.74 Å². The lowest BCUT2D eigenvalue weighted by Crippen LogP contribution is -2.31. The molecule has 1 amide bonds. The van der Waals surface area contributed by atoms with Crippen molar-refractivity contribution < 1.29 is 27.1 Å². The van der Waals surface area contributed by atoms with Crippen molar-refractivity contribution in [2.24, 2.45) is 0 Å². The van der Waals surface area contributed by atoms with Crippen molar-refractivity contribution in [3.05, 3.63) is 29.6 Å².